The molecule has 0 spiro atoms. The van der Waals surface area contributed by atoms with E-state index >= 15 is 0 Å². The van der Waals surface area contributed by atoms with E-state index in [9.17, 15) is 14.4 Å². The van der Waals surface area contributed by atoms with E-state index in [2.05, 4.69) is 16.9 Å². The zero-order chi connectivity index (χ0) is 18.2. The molecule has 0 bridgehead atoms. The van der Waals surface area contributed by atoms with Gasteiger partial charge in [-0.25, -0.2) is 9.78 Å². The van der Waals surface area contributed by atoms with Crippen LogP contribution in [0.1, 0.15) is 27.9 Å². The lowest BCUT2D eigenvalue weighted by molar-refractivity contribution is 0.0565. The number of nitrogens with zero attached hydrogens (tertiary/aromatic N) is 3. The molecule has 0 aliphatic carbocycles. The molecule has 0 saturated carbocycles. The Labute approximate surface area is 146 Å². The number of nitrogens with one attached hydrogen (secondary N) is 1. The number of carbonyl (C=O) groups excluding carboxylic acids is 3. The quantitative estimate of drug-likeness (QED) is 0.800. The van der Waals surface area contributed by atoms with Crippen molar-refractivity contribution in [2.75, 3.05) is 39.3 Å². The molecule has 8 nitrogen and oxygen atoms in total. The topological polar surface area (TPSA) is 91.8 Å². The van der Waals surface area contributed by atoms with Gasteiger partial charge in [0.05, 0.1) is 6.61 Å². The molecule has 8 heteroatoms. The minimum Gasteiger partial charge on any atom is -0.450 e. The van der Waals surface area contributed by atoms with Gasteiger partial charge >= 0.3 is 6.09 Å². The second-order valence-corrected chi connectivity index (χ2v) is 5.38. The summed E-state index contributed by atoms with van der Waals surface area (Å²) in [5, 5.41) is 2.62. The van der Waals surface area contributed by atoms with Crippen LogP contribution in [0.25, 0.3) is 0 Å². The lowest BCUT2D eigenvalue weighted by Gasteiger charge is -2.33. The highest BCUT2D eigenvalue weighted by atomic mass is 16.6. The van der Waals surface area contributed by atoms with Gasteiger partial charge in [0.25, 0.3) is 11.8 Å². The Hall–Kier alpha value is -2.90. The van der Waals surface area contributed by atoms with E-state index < -0.39 is 0 Å². The summed E-state index contributed by atoms with van der Waals surface area (Å²) in [6.45, 7) is 7.54. The summed E-state index contributed by atoms with van der Waals surface area (Å²) in [5.41, 5.74) is 0.383. The maximum absolute atomic E-state index is 12.6. The molecule has 1 aromatic rings. The smallest absolute Gasteiger partial charge is 0.409 e. The molecular weight excluding hydrogens is 324 g/mol. The Balaban J connectivity index is 1.98. The Bertz CT molecular complexity index is 654. The summed E-state index contributed by atoms with van der Waals surface area (Å²) in [6.07, 6.45) is 1.20. The van der Waals surface area contributed by atoms with Crippen molar-refractivity contribution < 1.29 is 19.1 Å². The SMILES string of the molecule is C=CCNC(=O)c1cccc(C(=O)N2CCN(C(=O)OCC)CC2)n1. The van der Waals surface area contributed by atoms with Crippen molar-refractivity contribution in [3.8, 4) is 0 Å². The van der Waals surface area contributed by atoms with Gasteiger partial charge in [-0.15, -0.1) is 6.58 Å². The molecule has 1 fully saturated rings. The molecule has 1 saturated heterocycles. The molecule has 0 radical (unpaired) electrons. The van der Waals surface area contributed by atoms with Gasteiger partial charge in [-0.2, -0.15) is 0 Å². The van der Waals surface area contributed by atoms with E-state index in [0.29, 0.717) is 39.3 Å². The summed E-state index contributed by atoms with van der Waals surface area (Å²) in [4.78, 5) is 43.5. The third kappa shape index (κ3) is 4.79. The molecule has 134 valence electrons. The molecule has 0 unspecified atom stereocenters. The van der Waals surface area contributed by atoms with Crippen molar-refractivity contribution in [3.05, 3.63) is 42.2 Å². The van der Waals surface area contributed by atoms with Gasteiger partial charge in [-0.1, -0.05) is 12.1 Å². The predicted molar refractivity (Wildman–Crippen MR) is 91.3 cm³/mol. The van der Waals surface area contributed by atoms with Crippen LogP contribution in [0.2, 0.25) is 0 Å². The number of ether oxygens (including phenoxy) is 1. The maximum atomic E-state index is 12.6. The zero-order valence-electron chi connectivity index (χ0n) is 14.2. The predicted octanol–water partition coefficient (Wildman–Crippen LogP) is 0.912. The number of hydrogen-bond donors (Lipinski definition) is 1. The number of hydrogen-bond acceptors (Lipinski definition) is 5. The first kappa shape index (κ1) is 18.4. The van der Waals surface area contributed by atoms with Crippen LogP contribution in [0.3, 0.4) is 0 Å². The van der Waals surface area contributed by atoms with Gasteiger partial charge < -0.3 is 19.9 Å². The normalized spacial score (nSPS) is 14.0. The first-order chi connectivity index (χ1) is 12.1. The lowest BCUT2D eigenvalue weighted by atomic mass is 10.2. The van der Waals surface area contributed by atoms with Crippen molar-refractivity contribution in [1.29, 1.82) is 0 Å². The van der Waals surface area contributed by atoms with Gasteiger partial charge in [0.2, 0.25) is 0 Å². The van der Waals surface area contributed by atoms with Crippen LogP contribution >= 0.6 is 0 Å². The number of carbonyl (C=O) groups is 3. The molecule has 0 atom stereocenters. The van der Waals surface area contributed by atoms with E-state index in [1.807, 2.05) is 0 Å². The van der Waals surface area contributed by atoms with Crippen molar-refractivity contribution >= 4 is 17.9 Å². The fourth-order valence-corrected chi connectivity index (χ4v) is 2.40. The third-order valence-corrected chi connectivity index (χ3v) is 3.70. The molecule has 2 rings (SSSR count). The van der Waals surface area contributed by atoms with Gasteiger partial charge in [0.15, 0.2) is 0 Å². The Morgan fingerprint density at radius 1 is 1.20 bits per heavy atom. The van der Waals surface area contributed by atoms with Crippen LogP contribution in [0.4, 0.5) is 4.79 Å². The number of pyridine rings is 1. The number of piperazine rings is 1. The molecule has 3 amide bonds. The summed E-state index contributed by atoms with van der Waals surface area (Å²) in [7, 11) is 0. The summed E-state index contributed by atoms with van der Waals surface area (Å²) < 4.78 is 4.96. The summed E-state index contributed by atoms with van der Waals surface area (Å²) >= 11 is 0. The molecule has 1 aliphatic heterocycles. The second-order valence-electron chi connectivity index (χ2n) is 5.38. The monoisotopic (exact) mass is 346 g/mol. The fourth-order valence-electron chi connectivity index (χ4n) is 2.40. The second kappa shape index (κ2) is 8.81. The summed E-state index contributed by atoms with van der Waals surface area (Å²) in [5.74, 6) is -0.622. The number of aromatic nitrogens is 1. The van der Waals surface area contributed by atoms with Crippen LogP contribution in [-0.4, -0.2) is 72.0 Å². The highest BCUT2D eigenvalue weighted by molar-refractivity contribution is 5.96. The molecule has 2 heterocycles. The van der Waals surface area contributed by atoms with E-state index in [-0.39, 0.29) is 29.3 Å². The maximum Gasteiger partial charge on any atom is 0.409 e. The van der Waals surface area contributed by atoms with Crippen molar-refractivity contribution in [1.82, 2.24) is 20.1 Å². The average Bonchev–Trinajstić information content (AvgIpc) is 2.66. The fraction of sp³-hybridized carbons (Fsp3) is 0.412. The van der Waals surface area contributed by atoms with Crippen molar-refractivity contribution in [2.45, 2.75) is 6.92 Å². The molecule has 0 aromatic carbocycles. The Morgan fingerprint density at radius 3 is 2.48 bits per heavy atom. The first-order valence-electron chi connectivity index (χ1n) is 8.14. The molecule has 1 aromatic heterocycles. The Morgan fingerprint density at radius 2 is 1.84 bits per heavy atom. The van der Waals surface area contributed by atoms with Crippen LogP contribution in [-0.2, 0) is 4.74 Å². The van der Waals surface area contributed by atoms with Crippen molar-refractivity contribution in [3.63, 3.8) is 0 Å². The van der Waals surface area contributed by atoms with Crippen LogP contribution in [0.15, 0.2) is 30.9 Å². The zero-order valence-corrected chi connectivity index (χ0v) is 14.2. The van der Waals surface area contributed by atoms with E-state index in [1.165, 1.54) is 0 Å². The Kier molecular flexibility index (Phi) is 6.50. The molecule has 1 aliphatic rings. The number of amides is 3. The molecular formula is C17H22N4O4. The lowest BCUT2D eigenvalue weighted by Crippen LogP contribution is -2.50. The van der Waals surface area contributed by atoms with E-state index in [1.54, 1.807) is 41.0 Å². The minimum absolute atomic E-state index is 0.179. The largest absolute Gasteiger partial charge is 0.450 e. The van der Waals surface area contributed by atoms with Crippen LogP contribution in [0.5, 0.6) is 0 Å². The molecule has 1 N–H and O–H groups in total. The van der Waals surface area contributed by atoms with Crippen LogP contribution < -0.4 is 5.32 Å². The minimum atomic E-state index is -0.367. The van der Waals surface area contributed by atoms with Gasteiger partial charge in [0, 0.05) is 32.7 Å². The first-order valence-corrected chi connectivity index (χ1v) is 8.14. The molecule has 25 heavy (non-hydrogen) atoms. The summed E-state index contributed by atoms with van der Waals surface area (Å²) in [6, 6.07) is 4.75. The average molecular weight is 346 g/mol. The highest BCUT2D eigenvalue weighted by Gasteiger charge is 2.26. The van der Waals surface area contributed by atoms with E-state index in [0.717, 1.165) is 0 Å². The third-order valence-electron chi connectivity index (χ3n) is 3.70. The van der Waals surface area contributed by atoms with Crippen LogP contribution in [0, 0.1) is 0 Å². The van der Waals surface area contributed by atoms with Gasteiger partial charge in [-0.3, -0.25) is 9.59 Å². The number of rotatable bonds is 5. The van der Waals surface area contributed by atoms with Gasteiger partial charge in [0.1, 0.15) is 11.4 Å². The highest BCUT2D eigenvalue weighted by Crippen LogP contribution is 2.09. The van der Waals surface area contributed by atoms with Gasteiger partial charge in [-0.05, 0) is 19.1 Å². The van der Waals surface area contributed by atoms with Crippen molar-refractivity contribution in [2.24, 2.45) is 0 Å². The van der Waals surface area contributed by atoms with E-state index in [4.69, 9.17) is 4.74 Å². The standard InChI is InChI=1S/C17H22N4O4/c1-3-8-18-15(22)13-6-5-7-14(19-13)16(23)20-9-11-21(12-10-20)17(24)25-4-2/h3,5-7H,1,4,8-12H2,2H3,(H,18,22).